The van der Waals surface area contributed by atoms with E-state index in [-0.39, 0.29) is 6.61 Å². The average molecular weight is 264 g/mol. The zero-order chi connectivity index (χ0) is 13.9. The second-order valence-corrected chi connectivity index (χ2v) is 3.64. The molecule has 1 rings (SSSR count). The summed E-state index contributed by atoms with van der Waals surface area (Å²) in [5, 5.41) is 0. The van der Waals surface area contributed by atoms with Crippen molar-refractivity contribution < 1.29 is 24.1 Å². The van der Waals surface area contributed by atoms with Crippen LogP contribution in [-0.2, 0) is 19.3 Å². The predicted molar refractivity (Wildman–Crippen MR) is 68.2 cm³/mol. The first kappa shape index (κ1) is 14.9. The number of ether oxygens (including phenoxy) is 1. The van der Waals surface area contributed by atoms with Crippen LogP contribution in [0.4, 0.5) is 0 Å². The Kier molecular flexibility index (Phi) is 6.97. The van der Waals surface area contributed by atoms with Gasteiger partial charge in [0.05, 0.1) is 18.8 Å². The van der Waals surface area contributed by atoms with Crippen LogP contribution in [0.5, 0.6) is 0 Å². The molecule has 102 valence electrons. The molecule has 0 atom stereocenters. The molecule has 0 saturated heterocycles. The highest BCUT2D eigenvalue weighted by molar-refractivity contribution is 5.88. The van der Waals surface area contributed by atoms with E-state index in [1.165, 1.54) is 0 Å². The summed E-state index contributed by atoms with van der Waals surface area (Å²) >= 11 is 0. The van der Waals surface area contributed by atoms with Crippen LogP contribution in [0.1, 0.15) is 23.2 Å². The van der Waals surface area contributed by atoms with Crippen LogP contribution in [0.2, 0.25) is 0 Å². The summed E-state index contributed by atoms with van der Waals surface area (Å²) in [4.78, 5) is 31.5. The molecular formula is C14H16O5. The number of hydrogen-bond acceptors (Lipinski definition) is 5. The quantitative estimate of drug-likeness (QED) is 0.237. The lowest BCUT2D eigenvalue weighted by molar-refractivity contribution is -0.241. The van der Waals surface area contributed by atoms with Gasteiger partial charge in [-0.25, -0.2) is 9.59 Å². The van der Waals surface area contributed by atoms with Crippen molar-refractivity contribution >= 4 is 11.9 Å². The van der Waals surface area contributed by atoms with E-state index in [1.54, 1.807) is 24.3 Å². The molecule has 1 aromatic carbocycles. The normalized spacial score (nSPS) is 9.68. The van der Waals surface area contributed by atoms with E-state index >= 15 is 0 Å². The fourth-order valence-electron chi connectivity index (χ4n) is 1.21. The Morgan fingerprint density at radius 1 is 1.11 bits per heavy atom. The van der Waals surface area contributed by atoms with Crippen LogP contribution in [0.25, 0.3) is 0 Å². The first-order valence-corrected chi connectivity index (χ1v) is 5.92. The monoisotopic (exact) mass is 264 g/mol. The lowest BCUT2D eigenvalue weighted by atomic mass is 10.2. The Balaban J connectivity index is 2.04. The van der Waals surface area contributed by atoms with Gasteiger partial charge in [0.2, 0.25) is 0 Å². The van der Waals surface area contributed by atoms with Gasteiger partial charge in [0, 0.05) is 6.08 Å². The highest BCUT2D eigenvalue weighted by atomic mass is 17.2. The van der Waals surface area contributed by atoms with E-state index in [0.717, 1.165) is 6.08 Å². The van der Waals surface area contributed by atoms with Crippen molar-refractivity contribution in [2.75, 3.05) is 13.2 Å². The lowest BCUT2D eigenvalue weighted by Gasteiger charge is -2.04. The fraction of sp³-hybridized carbons (Fsp3) is 0.286. The van der Waals surface area contributed by atoms with Gasteiger partial charge >= 0.3 is 11.9 Å². The van der Waals surface area contributed by atoms with Gasteiger partial charge in [-0.15, -0.1) is 0 Å². The summed E-state index contributed by atoms with van der Waals surface area (Å²) < 4.78 is 4.77. The van der Waals surface area contributed by atoms with E-state index in [1.807, 2.05) is 6.07 Å². The van der Waals surface area contributed by atoms with Gasteiger partial charge in [0.1, 0.15) is 0 Å². The Bertz CT molecular complexity index is 413. The maximum absolute atomic E-state index is 11.4. The van der Waals surface area contributed by atoms with E-state index in [9.17, 15) is 9.59 Å². The van der Waals surface area contributed by atoms with Crippen molar-refractivity contribution in [3.8, 4) is 0 Å². The summed E-state index contributed by atoms with van der Waals surface area (Å²) in [5.41, 5.74) is 0.433. The van der Waals surface area contributed by atoms with Crippen LogP contribution in [0.3, 0.4) is 0 Å². The van der Waals surface area contributed by atoms with Gasteiger partial charge in [0.15, 0.2) is 0 Å². The number of esters is 1. The highest BCUT2D eigenvalue weighted by Gasteiger charge is 2.06. The molecule has 5 heteroatoms. The summed E-state index contributed by atoms with van der Waals surface area (Å²) in [7, 11) is 0. The highest BCUT2D eigenvalue weighted by Crippen LogP contribution is 2.02. The Morgan fingerprint density at radius 2 is 1.79 bits per heavy atom. The molecule has 0 bridgehead atoms. The maximum Gasteiger partial charge on any atom is 0.373 e. The lowest BCUT2D eigenvalue weighted by Crippen LogP contribution is -2.08. The van der Waals surface area contributed by atoms with Crippen molar-refractivity contribution in [1.82, 2.24) is 0 Å². The molecule has 0 aliphatic heterocycles. The number of carbonyl (C=O) groups excluding carboxylic acids is 2. The molecule has 5 nitrogen and oxygen atoms in total. The van der Waals surface area contributed by atoms with Gasteiger partial charge < -0.3 is 4.74 Å². The van der Waals surface area contributed by atoms with Crippen molar-refractivity contribution in [2.24, 2.45) is 0 Å². The molecule has 0 radical (unpaired) electrons. The van der Waals surface area contributed by atoms with Gasteiger partial charge in [-0.3, -0.25) is 4.89 Å². The third kappa shape index (κ3) is 6.38. The third-order valence-corrected chi connectivity index (χ3v) is 2.18. The average Bonchev–Trinajstić information content (AvgIpc) is 2.46. The van der Waals surface area contributed by atoms with E-state index in [4.69, 9.17) is 9.62 Å². The molecule has 0 spiro atoms. The van der Waals surface area contributed by atoms with Crippen LogP contribution < -0.4 is 0 Å². The van der Waals surface area contributed by atoms with Crippen LogP contribution in [-0.4, -0.2) is 25.2 Å². The van der Waals surface area contributed by atoms with Crippen molar-refractivity contribution in [3.05, 3.63) is 48.6 Å². The summed E-state index contributed by atoms with van der Waals surface area (Å²) in [6.45, 7) is 3.83. The van der Waals surface area contributed by atoms with E-state index in [0.29, 0.717) is 25.0 Å². The molecule has 0 heterocycles. The van der Waals surface area contributed by atoms with Crippen LogP contribution >= 0.6 is 0 Å². The Hall–Kier alpha value is -2.14. The number of rotatable bonds is 8. The molecule has 0 saturated carbocycles. The topological polar surface area (TPSA) is 61.8 Å². The summed E-state index contributed by atoms with van der Waals surface area (Å²) in [6, 6.07) is 8.57. The summed E-state index contributed by atoms with van der Waals surface area (Å²) in [5.74, 6) is -0.977. The molecule has 0 N–H and O–H groups in total. The van der Waals surface area contributed by atoms with Crippen molar-refractivity contribution in [3.63, 3.8) is 0 Å². The predicted octanol–water partition coefficient (Wildman–Crippen LogP) is 2.28. The molecule has 0 aliphatic rings. The van der Waals surface area contributed by atoms with Crippen molar-refractivity contribution in [2.45, 2.75) is 12.8 Å². The van der Waals surface area contributed by atoms with Crippen molar-refractivity contribution in [1.29, 1.82) is 0 Å². The number of benzene rings is 1. The minimum Gasteiger partial charge on any atom is -0.463 e. The molecule has 0 amide bonds. The Labute approximate surface area is 111 Å². The minimum absolute atomic E-state index is 0.254. The zero-order valence-corrected chi connectivity index (χ0v) is 10.5. The van der Waals surface area contributed by atoms with Crippen LogP contribution in [0.15, 0.2) is 43.0 Å². The second-order valence-electron chi connectivity index (χ2n) is 3.64. The standard InChI is InChI=1S/C14H16O5/c1-2-13(15)17-10-6-7-11-18-19-14(16)12-8-4-3-5-9-12/h2-5,8-9H,1,6-7,10-11H2. The SMILES string of the molecule is C=CC(=O)OCCCCOOC(=O)c1ccccc1. The number of carbonyl (C=O) groups is 2. The summed E-state index contributed by atoms with van der Waals surface area (Å²) in [6.07, 6.45) is 2.35. The first-order valence-electron chi connectivity index (χ1n) is 5.92. The molecule has 0 unspecified atom stereocenters. The molecule has 1 aromatic rings. The molecule has 19 heavy (non-hydrogen) atoms. The van der Waals surface area contributed by atoms with Gasteiger partial charge in [0.25, 0.3) is 0 Å². The molecule has 0 fully saturated rings. The second kappa shape index (κ2) is 8.88. The van der Waals surface area contributed by atoms with Crippen LogP contribution in [0, 0.1) is 0 Å². The Morgan fingerprint density at radius 3 is 2.47 bits per heavy atom. The zero-order valence-electron chi connectivity index (χ0n) is 10.5. The third-order valence-electron chi connectivity index (χ3n) is 2.18. The minimum atomic E-state index is -0.529. The van der Waals surface area contributed by atoms with Gasteiger partial charge in [-0.05, 0) is 25.0 Å². The number of unbranched alkanes of at least 4 members (excludes halogenated alkanes) is 1. The fourth-order valence-corrected chi connectivity index (χ4v) is 1.21. The van der Waals surface area contributed by atoms with Gasteiger partial charge in [-0.2, -0.15) is 4.89 Å². The van der Waals surface area contributed by atoms with Gasteiger partial charge in [-0.1, -0.05) is 24.8 Å². The molecular weight excluding hydrogens is 248 g/mol. The molecule has 0 aliphatic carbocycles. The number of hydrogen-bond donors (Lipinski definition) is 0. The van der Waals surface area contributed by atoms with E-state index < -0.39 is 11.9 Å². The van der Waals surface area contributed by atoms with E-state index in [2.05, 4.69) is 11.5 Å². The largest absolute Gasteiger partial charge is 0.463 e. The first-order chi connectivity index (χ1) is 9.24. The molecule has 0 aromatic heterocycles. The smallest absolute Gasteiger partial charge is 0.373 e. The maximum atomic E-state index is 11.4.